The number of aromatic nitrogens is 1. The van der Waals surface area contributed by atoms with Gasteiger partial charge in [-0.1, -0.05) is 30.3 Å². The van der Waals surface area contributed by atoms with Crippen molar-refractivity contribution < 1.29 is 14.6 Å². The molecule has 1 aromatic heterocycles. The molecular weight excluding hydrogens is 282 g/mol. The normalized spacial score (nSPS) is 10.6. The number of nitrogens with one attached hydrogen (secondary N) is 1. The summed E-state index contributed by atoms with van der Waals surface area (Å²) in [4.78, 5) is 15.7. The molecule has 5 heteroatoms. The van der Waals surface area contributed by atoms with Gasteiger partial charge in [-0.25, -0.2) is 0 Å². The van der Waals surface area contributed by atoms with Crippen LogP contribution in [-0.2, 0) is 0 Å². The summed E-state index contributed by atoms with van der Waals surface area (Å²) in [6, 6.07) is 14.5. The molecule has 112 valence electrons. The summed E-state index contributed by atoms with van der Waals surface area (Å²) in [5, 5.41) is 9.31. The van der Waals surface area contributed by atoms with E-state index >= 15 is 0 Å². The van der Waals surface area contributed by atoms with Gasteiger partial charge in [-0.2, -0.15) is 0 Å². The fourth-order valence-electron chi connectivity index (χ4n) is 2.46. The first kappa shape index (κ1) is 14.2. The lowest BCUT2D eigenvalue weighted by Crippen LogP contribution is -2.07. The van der Waals surface area contributed by atoms with Gasteiger partial charge in [-0.15, -0.1) is 0 Å². The largest absolute Gasteiger partial charge is 0.492 e. The Hall–Kier alpha value is -2.79. The van der Waals surface area contributed by atoms with E-state index in [1.165, 1.54) is 13.2 Å². The molecular formula is C17H15NO4. The highest BCUT2D eigenvalue weighted by atomic mass is 16.6. The maximum Gasteiger partial charge on any atom is 0.193 e. The lowest BCUT2D eigenvalue weighted by Gasteiger charge is -2.12. The van der Waals surface area contributed by atoms with E-state index in [1.54, 1.807) is 12.1 Å². The van der Waals surface area contributed by atoms with Gasteiger partial charge in [0.15, 0.2) is 23.7 Å². The molecule has 2 aromatic carbocycles. The SMILES string of the molecule is COc1c(OCO)ccc2[nH]c(-c3ccccc3)cc(=O)c12. The van der Waals surface area contributed by atoms with E-state index in [9.17, 15) is 4.79 Å². The number of hydrogen-bond acceptors (Lipinski definition) is 4. The topological polar surface area (TPSA) is 71.5 Å². The molecule has 0 bridgehead atoms. The van der Waals surface area contributed by atoms with Crippen LogP contribution >= 0.6 is 0 Å². The fourth-order valence-corrected chi connectivity index (χ4v) is 2.46. The quantitative estimate of drug-likeness (QED) is 0.726. The van der Waals surface area contributed by atoms with Crippen LogP contribution in [0, 0.1) is 0 Å². The molecule has 5 nitrogen and oxygen atoms in total. The number of ether oxygens (including phenoxy) is 2. The average molecular weight is 297 g/mol. The van der Waals surface area contributed by atoms with Gasteiger partial charge in [0.25, 0.3) is 0 Å². The van der Waals surface area contributed by atoms with Crippen molar-refractivity contribution in [3.63, 3.8) is 0 Å². The van der Waals surface area contributed by atoms with Gasteiger partial charge in [-0.05, 0) is 17.7 Å². The van der Waals surface area contributed by atoms with Crippen molar-refractivity contribution in [1.29, 1.82) is 0 Å². The number of aromatic amines is 1. The van der Waals surface area contributed by atoms with Gasteiger partial charge >= 0.3 is 0 Å². The summed E-state index contributed by atoms with van der Waals surface area (Å²) in [6.07, 6.45) is 0. The number of H-pyrrole nitrogens is 1. The predicted octanol–water partition coefficient (Wildman–Crippen LogP) is 2.53. The average Bonchev–Trinajstić information content (AvgIpc) is 2.56. The first-order chi connectivity index (χ1) is 10.7. The highest BCUT2D eigenvalue weighted by Gasteiger charge is 2.14. The van der Waals surface area contributed by atoms with Crippen LogP contribution in [0.25, 0.3) is 22.2 Å². The monoisotopic (exact) mass is 297 g/mol. The number of aliphatic hydroxyl groups is 1. The molecule has 0 saturated heterocycles. The molecule has 0 aliphatic heterocycles. The maximum atomic E-state index is 12.5. The van der Waals surface area contributed by atoms with Crippen molar-refractivity contribution in [2.75, 3.05) is 13.9 Å². The van der Waals surface area contributed by atoms with Crippen molar-refractivity contribution >= 4 is 10.9 Å². The Morgan fingerprint density at radius 1 is 1.14 bits per heavy atom. The van der Waals surface area contributed by atoms with Gasteiger partial charge in [0, 0.05) is 11.8 Å². The van der Waals surface area contributed by atoms with E-state index in [0.29, 0.717) is 22.4 Å². The standard InChI is InChI=1S/C17H15NO4/c1-21-17-15(22-10-19)8-7-12-16(17)14(20)9-13(18-12)11-5-3-2-4-6-11/h2-9,19H,10H2,1H3,(H,18,20). The van der Waals surface area contributed by atoms with E-state index in [1.807, 2.05) is 30.3 Å². The minimum Gasteiger partial charge on any atom is -0.492 e. The molecule has 0 radical (unpaired) electrons. The Labute approximate surface area is 126 Å². The molecule has 0 saturated carbocycles. The van der Waals surface area contributed by atoms with Crippen LogP contribution in [0.15, 0.2) is 53.3 Å². The molecule has 3 rings (SSSR count). The van der Waals surface area contributed by atoms with Crippen LogP contribution in [-0.4, -0.2) is 24.0 Å². The predicted molar refractivity (Wildman–Crippen MR) is 84.3 cm³/mol. The fraction of sp³-hybridized carbons (Fsp3) is 0.118. The highest BCUT2D eigenvalue weighted by Crippen LogP contribution is 2.33. The van der Waals surface area contributed by atoms with Gasteiger partial charge in [0.2, 0.25) is 0 Å². The van der Waals surface area contributed by atoms with E-state index in [2.05, 4.69) is 4.98 Å². The van der Waals surface area contributed by atoms with Crippen LogP contribution in [0.5, 0.6) is 11.5 Å². The van der Waals surface area contributed by atoms with Crippen LogP contribution in [0.2, 0.25) is 0 Å². The lowest BCUT2D eigenvalue weighted by atomic mass is 10.1. The second kappa shape index (κ2) is 5.91. The van der Waals surface area contributed by atoms with Crippen LogP contribution in [0.1, 0.15) is 0 Å². The number of hydrogen-bond donors (Lipinski definition) is 2. The number of aliphatic hydroxyl groups excluding tert-OH is 1. The van der Waals surface area contributed by atoms with Crippen LogP contribution < -0.4 is 14.9 Å². The summed E-state index contributed by atoms with van der Waals surface area (Å²) >= 11 is 0. The Morgan fingerprint density at radius 2 is 1.91 bits per heavy atom. The van der Waals surface area contributed by atoms with Crippen molar-refractivity contribution in [1.82, 2.24) is 4.98 Å². The summed E-state index contributed by atoms with van der Waals surface area (Å²) in [5.41, 5.74) is 2.13. The first-order valence-corrected chi connectivity index (χ1v) is 6.77. The second-order valence-electron chi connectivity index (χ2n) is 4.71. The Morgan fingerprint density at radius 3 is 2.59 bits per heavy atom. The van der Waals surface area contributed by atoms with Gasteiger partial charge in [0.1, 0.15) is 0 Å². The summed E-state index contributed by atoms with van der Waals surface area (Å²) < 4.78 is 10.4. The smallest absolute Gasteiger partial charge is 0.193 e. The number of fused-ring (bicyclic) bond motifs is 1. The molecule has 2 N–H and O–H groups in total. The van der Waals surface area contributed by atoms with Crippen molar-refractivity contribution in [2.24, 2.45) is 0 Å². The van der Waals surface area contributed by atoms with Gasteiger partial charge in [0.05, 0.1) is 18.0 Å². The number of benzene rings is 2. The zero-order valence-corrected chi connectivity index (χ0v) is 12.0. The molecule has 0 unspecified atom stereocenters. The van der Waals surface area contributed by atoms with Crippen molar-refractivity contribution in [2.45, 2.75) is 0 Å². The maximum absolute atomic E-state index is 12.5. The first-order valence-electron chi connectivity index (χ1n) is 6.77. The third-order valence-corrected chi connectivity index (χ3v) is 3.42. The third kappa shape index (κ3) is 2.42. The van der Waals surface area contributed by atoms with E-state index in [-0.39, 0.29) is 5.43 Å². The molecule has 0 amide bonds. The van der Waals surface area contributed by atoms with Crippen molar-refractivity contribution in [3.8, 4) is 22.8 Å². The zero-order valence-electron chi connectivity index (χ0n) is 12.0. The highest BCUT2D eigenvalue weighted by molar-refractivity contribution is 5.89. The molecule has 0 spiro atoms. The Kier molecular flexibility index (Phi) is 3.80. The van der Waals surface area contributed by atoms with Crippen LogP contribution in [0.4, 0.5) is 0 Å². The third-order valence-electron chi connectivity index (χ3n) is 3.42. The molecule has 0 aliphatic rings. The summed E-state index contributed by atoms with van der Waals surface area (Å²) in [5.74, 6) is 0.642. The molecule has 0 fully saturated rings. The molecule has 22 heavy (non-hydrogen) atoms. The molecule has 1 heterocycles. The number of methoxy groups -OCH3 is 1. The molecule has 3 aromatic rings. The number of pyridine rings is 1. The second-order valence-corrected chi connectivity index (χ2v) is 4.71. The zero-order chi connectivity index (χ0) is 15.5. The Bertz CT molecular complexity index is 856. The lowest BCUT2D eigenvalue weighted by molar-refractivity contribution is 0.0957. The molecule has 0 atom stereocenters. The minimum absolute atomic E-state index is 0.173. The Balaban J connectivity index is 2.25. The van der Waals surface area contributed by atoms with Crippen LogP contribution in [0.3, 0.4) is 0 Å². The molecule has 0 aliphatic carbocycles. The van der Waals surface area contributed by atoms with Gasteiger partial charge in [-0.3, -0.25) is 4.79 Å². The number of rotatable bonds is 4. The van der Waals surface area contributed by atoms with Gasteiger partial charge < -0.3 is 19.6 Å². The summed E-state index contributed by atoms with van der Waals surface area (Å²) in [6.45, 7) is -0.484. The minimum atomic E-state index is -0.484. The summed E-state index contributed by atoms with van der Waals surface area (Å²) in [7, 11) is 1.46. The van der Waals surface area contributed by atoms with Crippen molar-refractivity contribution in [3.05, 3.63) is 58.8 Å². The van der Waals surface area contributed by atoms with E-state index in [4.69, 9.17) is 14.6 Å². The van der Waals surface area contributed by atoms with E-state index in [0.717, 1.165) is 11.3 Å². The van der Waals surface area contributed by atoms with E-state index < -0.39 is 6.79 Å².